The van der Waals surface area contributed by atoms with Gasteiger partial charge in [-0.1, -0.05) is 39.5 Å². The summed E-state index contributed by atoms with van der Waals surface area (Å²) in [5, 5.41) is 19.8. The van der Waals surface area contributed by atoms with Crippen molar-refractivity contribution in [2.75, 3.05) is 0 Å². The van der Waals surface area contributed by atoms with E-state index in [2.05, 4.69) is 13.8 Å². The van der Waals surface area contributed by atoms with E-state index in [1.165, 1.54) is 25.7 Å². The van der Waals surface area contributed by atoms with Crippen molar-refractivity contribution in [3.8, 4) is 0 Å². The number of carboxylic acid groups (broad SMARTS) is 2. The predicted molar refractivity (Wildman–Crippen MR) is 123 cm³/mol. The second-order valence-electron chi connectivity index (χ2n) is 7.55. The molecule has 0 radical (unpaired) electrons. The molecule has 0 rings (SSSR count). The molecule has 0 spiro atoms. The first-order valence-electron chi connectivity index (χ1n) is 11.9. The Hall–Kier alpha value is -0.921. The Kier molecular flexibility index (Phi) is 32.5. The number of hydrogen-bond donors (Lipinski definition) is 0. The normalized spacial score (nSPS) is 9.42. The molecule has 6 nitrogen and oxygen atoms in total. The summed E-state index contributed by atoms with van der Waals surface area (Å²) in [5.74, 6) is -2.99. The van der Waals surface area contributed by atoms with Gasteiger partial charge in [0.05, 0.1) is 0 Å². The van der Waals surface area contributed by atoms with Crippen LogP contribution in [0.5, 0.6) is 0 Å². The summed E-state index contributed by atoms with van der Waals surface area (Å²) in [6.07, 6.45) is 11.4. The molecule has 0 aliphatic heterocycles. The number of Topliss-reactive ketones (excluding diaryl/α,β-unsaturated/α-hetero) is 2. The van der Waals surface area contributed by atoms with Gasteiger partial charge in [0, 0.05) is 37.6 Å². The number of hydrogen-bond acceptors (Lipinski definition) is 6. The Morgan fingerprint density at radius 3 is 1.13 bits per heavy atom. The Labute approximate surface area is 200 Å². The Morgan fingerprint density at radius 2 is 0.871 bits per heavy atom. The quantitative estimate of drug-likeness (QED) is 0.147. The molecule has 0 N–H and O–H groups in total. The molecule has 0 aliphatic rings. The van der Waals surface area contributed by atoms with Gasteiger partial charge in [-0.25, -0.2) is 0 Å². The molecule has 0 saturated carbocycles. The Bertz CT molecular complexity index is 411. The molecule has 0 saturated heterocycles. The molecule has 0 aromatic rings. The maximum atomic E-state index is 10.7. The van der Waals surface area contributed by atoms with Crippen LogP contribution in [-0.2, 0) is 19.2 Å². The third kappa shape index (κ3) is 40.0. The van der Waals surface area contributed by atoms with E-state index in [0.29, 0.717) is 12.8 Å². The van der Waals surface area contributed by atoms with Gasteiger partial charge >= 0.3 is 69.5 Å². The first kappa shape index (κ1) is 34.7. The van der Waals surface area contributed by atoms with Gasteiger partial charge in [-0.3, -0.25) is 9.59 Å². The van der Waals surface area contributed by atoms with E-state index in [1.54, 1.807) is 8.87 Å². The minimum atomic E-state index is -1.27. The second kappa shape index (κ2) is 29.1. The van der Waals surface area contributed by atoms with Gasteiger partial charge in [-0.05, 0) is 12.8 Å². The van der Waals surface area contributed by atoms with Crippen LogP contribution in [0.2, 0.25) is 8.87 Å². The minimum absolute atomic E-state index is 0.149. The van der Waals surface area contributed by atoms with Gasteiger partial charge in [-0.2, -0.15) is 0 Å². The van der Waals surface area contributed by atoms with Crippen LogP contribution in [-0.4, -0.2) is 44.6 Å². The molecular formula is C24H44O6Sn. The summed E-state index contributed by atoms with van der Waals surface area (Å²) >= 11 is 0.149. The number of carbonyl (C=O) groups excluding carboxylic acids is 4. The molecule has 0 unspecified atom stereocenters. The van der Waals surface area contributed by atoms with Gasteiger partial charge < -0.3 is 19.8 Å². The third-order valence-corrected chi connectivity index (χ3v) is 8.25. The van der Waals surface area contributed by atoms with Crippen molar-refractivity contribution in [2.45, 2.75) is 126 Å². The molecule has 0 aromatic heterocycles. The number of aliphatic carboxylic acids is 2. The van der Waals surface area contributed by atoms with Crippen molar-refractivity contribution in [1.82, 2.24) is 0 Å². The maximum absolute atomic E-state index is 10.7. The van der Waals surface area contributed by atoms with Crippen LogP contribution in [0.15, 0.2) is 0 Å². The topological polar surface area (TPSA) is 114 Å². The van der Waals surface area contributed by atoms with E-state index >= 15 is 0 Å². The first-order chi connectivity index (χ1) is 14.7. The van der Waals surface area contributed by atoms with Crippen LogP contribution in [0.25, 0.3) is 0 Å². The molecule has 180 valence electrons. The fraction of sp³-hybridized carbons (Fsp3) is 0.833. The van der Waals surface area contributed by atoms with Crippen LogP contribution < -0.4 is 10.2 Å². The zero-order valence-corrected chi connectivity index (χ0v) is 23.1. The molecule has 0 fully saturated rings. The number of unbranched alkanes of at least 4 members (excludes halogenated alkanes) is 6. The third-order valence-electron chi connectivity index (χ3n) is 4.22. The van der Waals surface area contributed by atoms with Gasteiger partial charge in [0.2, 0.25) is 0 Å². The number of carbonyl (C=O) groups is 4. The SMILES string of the molecule is CCCCCC(=O)CC(=O)[O-].CCCCCC(=O)CC(=O)[O-].CCC[CH2][Sn+2][CH2]CCC. The molecule has 0 heterocycles. The van der Waals surface area contributed by atoms with Gasteiger partial charge in [0.1, 0.15) is 11.6 Å². The molecule has 0 aromatic carbocycles. The van der Waals surface area contributed by atoms with E-state index in [1.807, 2.05) is 13.8 Å². The van der Waals surface area contributed by atoms with E-state index in [4.69, 9.17) is 0 Å². The molecule has 0 amide bonds. The van der Waals surface area contributed by atoms with Gasteiger partial charge in [0.15, 0.2) is 0 Å². The van der Waals surface area contributed by atoms with Crippen LogP contribution in [0.4, 0.5) is 0 Å². The summed E-state index contributed by atoms with van der Waals surface area (Å²) in [6.45, 7) is 8.64. The molecule has 7 heteroatoms. The summed E-state index contributed by atoms with van der Waals surface area (Å²) in [5.41, 5.74) is 0. The Balaban J connectivity index is -0.000000382. The summed E-state index contributed by atoms with van der Waals surface area (Å²) < 4.78 is 3.25. The molecule has 0 atom stereocenters. The van der Waals surface area contributed by atoms with Crippen LogP contribution in [0.1, 0.15) is 118 Å². The number of rotatable bonds is 18. The summed E-state index contributed by atoms with van der Waals surface area (Å²) in [4.78, 5) is 41.2. The zero-order chi connectivity index (χ0) is 24.3. The molecule has 0 bridgehead atoms. The first-order valence-corrected chi connectivity index (χ1v) is 15.9. The summed E-state index contributed by atoms with van der Waals surface area (Å²) in [6, 6.07) is 0. The summed E-state index contributed by atoms with van der Waals surface area (Å²) in [7, 11) is 0. The van der Waals surface area contributed by atoms with E-state index in [-0.39, 0.29) is 32.7 Å². The van der Waals surface area contributed by atoms with Crippen LogP contribution >= 0.6 is 0 Å². The van der Waals surface area contributed by atoms with Crippen LogP contribution in [0, 0.1) is 0 Å². The fourth-order valence-electron chi connectivity index (χ4n) is 2.37. The van der Waals surface area contributed by atoms with Crippen molar-refractivity contribution in [3.63, 3.8) is 0 Å². The zero-order valence-electron chi connectivity index (χ0n) is 20.3. The van der Waals surface area contributed by atoms with Crippen molar-refractivity contribution in [1.29, 1.82) is 0 Å². The molecule has 0 aliphatic carbocycles. The van der Waals surface area contributed by atoms with Crippen molar-refractivity contribution in [2.24, 2.45) is 0 Å². The van der Waals surface area contributed by atoms with Crippen LogP contribution in [0.3, 0.4) is 0 Å². The van der Waals surface area contributed by atoms with Gasteiger partial charge in [-0.15, -0.1) is 0 Å². The standard InChI is InChI=1S/2C8H14O3.2C4H9.Sn/c2*1-2-3-4-5-7(9)6-8(10)11;2*1-3-4-2;/h2*2-6H2,1H3,(H,10,11);2*1,3-4H2,2H3;/q;;;;+2/p-2. The monoisotopic (exact) mass is 548 g/mol. The Morgan fingerprint density at radius 1 is 0.548 bits per heavy atom. The van der Waals surface area contributed by atoms with Crippen molar-refractivity contribution in [3.05, 3.63) is 0 Å². The average Bonchev–Trinajstić information content (AvgIpc) is 2.68. The fourth-order valence-corrected chi connectivity index (χ4v) is 6.53. The number of ketones is 2. The average molecular weight is 547 g/mol. The van der Waals surface area contributed by atoms with E-state index in [0.717, 1.165) is 38.5 Å². The predicted octanol–water partition coefficient (Wildman–Crippen LogP) is 3.68. The van der Waals surface area contributed by atoms with Crippen molar-refractivity contribution < 1.29 is 29.4 Å². The molecule has 31 heavy (non-hydrogen) atoms. The van der Waals surface area contributed by atoms with E-state index < -0.39 is 24.8 Å². The number of carboxylic acids is 2. The molecular weight excluding hydrogens is 503 g/mol. The second-order valence-corrected chi connectivity index (χ2v) is 11.8. The van der Waals surface area contributed by atoms with Crippen molar-refractivity contribution >= 4 is 44.6 Å². The van der Waals surface area contributed by atoms with E-state index in [9.17, 15) is 29.4 Å². The van der Waals surface area contributed by atoms with Gasteiger partial charge in [0.25, 0.3) is 0 Å².